The van der Waals surface area contributed by atoms with E-state index in [2.05, 4.69) is 159 Å². The number of rotatable bonds is 9. The van der Waals surface area contributed by atoms with Gasteiger partial charge in [-0.2, -0.15) is 6.07 Å². The molecule has 1 aliphatic rings. The molecule has 0 N–H and O–H groups in total. The number of furan rings is 1. The van der Waals surface area contributed by atoms with E-state index < -0.39 is 0 Å². The van der Waals surface area contributed by atoms with E-state index >= 15 is 0 Å². The van der Waals surface area contributed by atoms with Crippen molar-refractivity contribution in [3.8, 4) is 39.6 Å². The van der Waals surface area contributed by atoms with Gasteiger partial charge in [-0.05, 0) is 113 Å². The molecule has 0 spiro atoms. The first-order chi connectivity index (χ1) is 33.2. The van der Waals surface area contributed by atoms with Crippen LogP contribution in [0.5, 0.6) is 11.5 Å². The number of halogens is 1. The molecule has 0 amide bonds. The molecule has 0 bridgehead atoms. The summed E-state index contributed by atoms with van der Waals surface area (Å²) in [5.41, 5.74) is 15.0. The van der Waals surface area contributed by atoms with Gasteiger partial charge in [-0.1, -0.05) is 112 Å². The Balaban J connectivity index is 0.00000520. The first kappa shape index (κ1) is 44.1. The van der Waals surface area contributed by atoms with E-state index in [4.69, 9.17) is 14.1 Å². The molecule has 12 rings (SSSR count). The van der Waals surface area contributed by atoms with Gasteiger partial charge in [0.05, 0.1) is 0 Å². The second-order valence-electron chi connectivity index (χ2n) is 18.3. The molecule has 8 aromatic carbocycles. The van der Waals surface area contributed by atoms with Crippen molar-refractivity contribution >= 4 is 66.5 Å². The van der Waals surface area contributed by atoms with Crippen molar-refractivity contribution < 1.29 is 34.6 Å². The van der Waals surface area contributed by atoms with Crippen LogP contribution in [0.25, 0.3) is 71.8 Å². The van der Waals surface area contributed by atoms with Crippen molar-refractivity contribution in [2.75, 3.05) is 9.80 Å². The number of benzene rings is 8. The van der Waals surface area contributed by atoms with Gasteiger partial charge in [0, 0.05) is 77.7 Å². The molecule has 0 unspecified atom stereocenters. The van der Waals surface area contributed by atoms with Crippen LogP contribution in [0.15, 0.2) is 174 Å². The molecule has 3 aromatic heterocycles. The quantitative estimate of drug-likeness (QED) is 0.135. The monoisotopic (exact) mass is 1080 g/mol. The first-order valence-electron chi connectivity index (χ1n) is 23.2. The molecule has 4 heterocycles. The van der Waals surface area contributed by atoms with Crippen molar-refractivity contribution in [1.29, 1.82) is 0 Å². The van der Waals surface area contributed by atoms with Crippen LogP contribution in [0.3, 0.4) is 0 Å². The number of anilines is 4. The summed E-state index contributed by atoms with van der Waals surface area (Å²) in [6, 6.07) is 62.4. The maximum atomic E-state index is 14.1. The van der Waals surface area contributed by atoms with Crippen molar-refractivity contribution in [2.24, 2.45) is 0 Å². The van der Waals surface area contributed by atoms with Crippen LogP contribution in [-0.2, 0) is 21.1 Å². The Bertz CT molecular complexity index is 3720. The van der Waals surface area contributed by atoms with E-state index in [1.165, 1.54) is 23.3 Å². The first-order valence-corrected chi connectivity index (χ1v) is 23.2. The van der Waals surface area contributed by atoms with Crippen LogP contribution in [0.1, 0.15) is 56.2 Å². The maximum Gasteiger partial charge on any atom is 0.141 e. The number of fused-ring (bicyclic) bond motifs is 7. The van der Waals surface area contributed by atoms with Crippen LogP contribution in [0.2, 0.25) is 0 Å². The van der Waals surface area contributed by atoms with Gasteiger partial charge in [0.1, 0.15) is 22.8 Å². The number of para-hydroxylation sites is 3. The van der Waals surface area contributed by atoms with Crippen LogP contribution in [-0.4, -0.2) is 9.55 Å². The predicted molar refractivity (Wildman–Crippen MR) is 275 cm³/mol. The Kier molecular flexibility index (Phi) is 11.2. The third-order valence-corrected chi connectivity index (χ3v) is 13.2. The Morgan fingerprint density at radius 3 is 2.12 bits per heavy atom. The second kappa shape index (κ2) is 17.6. The third kappa shape index (κ3) is 7.66. The van der Waals surface area contributed by atoms with Gasteiger partial charge in [0.15, 0.2) is 0 Å². The predicted octanol–water partition coefficient (Wildman–Crippen LogP) is 16.9. The molecule has 69 heavy (non-hydrogen) atoms. The molecule has 0 fully saturated rings. The fraction of sp³-hybridized carbons (Fsp3) is 0.115. The zero-order chi connectivity index (χ0) is 46.2. The number of aryl methyl sites for hydroxylation is 1. The summed E-state index contributed by atoms with van der Waals surface area (Å²) in [4.78, 5) is 9.31. The van der Waals surface area contributed by atoms with Crippen LogP contribution in [0.4, 0.5) is 27.1 Å². The van der Waals surface area contributed by atoms with Crippen LogP contribution in [0, 0.1) is 31.5 Å². The Labute approximate surface area is 415 Å². The van der Waals surface area contributed by atoms with Crippen molar-refractivity contribution in [3.05, 3.63) is 211 Å². The van der Waals surface area contributed by atoms with Gasteiger partial charge >= 0.3 is 0 Å². The minimum atomic E-state index is -0.246. The summed E-state index contributed by atoms with van der Waals surface area (Å²) < 4.78 is 29.9. The van der Waals surface area contributed by atoms with Crippen LogP contribution >= 0.6 is 0 Å². The number of nitrogens with zero attached hydrogens (tertiary/aromatic N) is 4. The maximum absolute atomic E-state index is 14.1. The van der Waals surface area contributed by atoms with E-state index in [0.29, 0.717) is 11.5 Å². The topological polar surface area (TPSA) is 46.7 Å². The van der Waals surface area contributed by atoms with Crippen LogP contribution < -0.4 is 14.5 Å². The molecular weight excluding hydrogens is 1030 g/mol. The summed E-state index contributed by atoms with van der Waals surface area (Å²) in [5, 5.41) is 4.27. The standard InChI is InChI=1S/C61H46FN4O2.Pt/c1-37(2)52-32-41(40-21-23-43(62)24-22-40)33-53(38(3)4)60(52)65-36-64(55-27-20-39(5)29-57(55)65)44-30-42(47-15-12-16-51-50-14-7-9-18-58(50)68-61(47)51)31-46(34-44)67-45-25-26-49-48-13-6-8-17-54(48)66(56(49)35-45)59-19-10-11-28-63-59;/h6-33,36-38H,1-5H3;/q-3;. The van der Waals surface area contributed by atoms with Gasteiger partial charge in [-0.25, -0.2) is 9.37 Å². The third-order valence-electron chi connectivity index (χ3n) is 13.2. The zero-order valence-corrected chi connectivity index (χ0v) is 41.0. The minimum Gasteiger partial charge on any atom is -0.509 e. The molecule has 0 saturated heterocycles. The van der Waals surface area contributed by atoms with Gasteiger partial charge in [0.2, 0.25) is 0 Å². The number of aromatic nitrogens is 2. The summed E-state index contributed by atoms with van der Waals surface area (Å²) in [6.45, 7) is 13.3. The fourth-order valence-corrected chi connectivity index (χ4v) is 9.91. The van der Waals surface area contributed by atoms with Crippen molar-refractivity contribution in [2.45, 2.75) is 46.5 Å². The number of pyridine rings is 1. The number of hydrogen-bond acceptors (Lipinski definition) is 5. The minimum absolute atomic E-state index is 0. The fourth-order valence-electron chi connectivity index (χ4n) is 9.91. The molecule has 0 radical (unpaired) electrons. The average molecular weight is 1080 g/mol. The van der Waals surface area contributed by atoms with Gasteiger partial charge in [0.25, 0.3) is 0 Å². The van der Waals surface area contributed by atoms with Crippen molar-refractivity contribution in [3.63, 3.8) is 0 Å². The van der Waals surface area contributed by atoms with Gasteiger partial charge in [-0.3, -0.25) is 0 Å². The van der Waals surface area contributed by atoms with E-state index in [1.54, 1.807) is 0 Å². The van der Waals surface area contributed by atoms with E-state index in [9.17, 15) is 4.39 Å². The van der Waals surface area contributed by atoms with Gasteiger partial charge < -0.3 is 23.5 Å². The molecule has 1 aliphatic heterocycles. The largest absolute Gasteiger partial charge is 0.509 e. The normalized spacial score (nSPS) is 12.5. The summed E-state index contributed by atoms with van der Waals surface area (Å²) in [6.07, 6.45) is 1.81. The van der Waals surface area contributed by atoms with Gasteiger partial charge in [-0.15, -0.1) is 53.6 Å². The molecule has 0 aliphatic carbocycles. The molecule has 6 nitrogen and oxygen atoms in total. The molecular formula is C61H46FN4O2Pt-3. The summed E-state index contributed by atoms with van der Waals surface area (Å²) >= 11 is 0. The Morgan fingerprint density at radius 1 is 0.609 bits per heavy atom. The number of ether oxygens (including phenoxy) is 1. The SMILES string of the molecule is Cc1ccc2c(c1)N(c1c(C(C)C)cc(-c3ccc(F)cc3)cc1C(C)C)[CH-]N2c1[c-]c(Oc2[c-]c3c(cc2)c2ccccc2n3-c2ccccn2)cc(-c2cccc3c2oc2ccccc23)c1.[Pt]. The Morgan fingerprint density at radius 2 is 1.35 bits per heavy atom. The number of hydrogen-bond donors (Lipinski definition) is 0. The van der Waals surface area contributed by atoms with E-state index in [0.717, 1.165) is 100 Å². The zero-order valence-electron chi connectivity index (χ0n) is 38.7. The second-order valence-corrected chi connectivity index (χ2v) is 18.3. The van der Waals surface area contributed by atoms with E-state index in [1.807, 2.05) is 66.9 Å². The molecule has 0 saturated carbocycles. The molecule has 342 valence electrons. The summed E-state index contributed by atoms with van der Waals surface area (Å²) in [5.74, 6) is 1.99. The molecule has 8 heteroatoms. The summed E-state index contributed by atoms with van der Waals surface area (Å²) in [7, 11) is 0. The van der Waals surface area contributed by atoms with E-state index in [-0.39, 0.29) is 38.7 Å². The average Bonchev–Trinajstić information content (AvgIpc) is 4.03. The molecule has 11 aromatic rings. The van der Waals surface area contributed by atoms with Crippen molar-refractivity contribution in [1.82, 2.24) is 9.55 Å². The smallest absolute Gasteiger partial charge is 0.141 e. The Hall–Kier alpha value is -7.47. The molecule has 0 atom stereocenters.